The van der Waals surface area contributed by atoms with Gasteiger partial charge in [-0.1, -0.05) is 26.0 Å². The van der Waals surface area contributed by atoms with Gasteiger partial charge in [-0.15, -0.1) is 0 Å². The molecular weight excluding hydrogens is 192 g/mol. The first-order valence-electron chi connectivity index (χ1n) is 5.22. The zero-order valence-corrected chi connectivity index (χ0v) is 10.4. The lowest BCUT2D eigenvalue weighted by Crippen LogP contribution is -2.26. The van der Waals surface area contributed by atoms with Gasteiger partial charge in [-0.05, 0) is 12.8 Å². The summed E-state index contributed by atoms with van der Waals surface area (Å²) in [5, 5.41) is 0. The second-order valence-electron chi connectivity index (χ2n) is 4.06. The number of hydrogen-bond donors (Lipinski definition) is 0. The van der Waals surface area contributed by atoms with Gasteiger partial charge in [0.15, 0.2) is 0 Å². The van der Waals surface area contributed by atoms with Gasteiger partial charge in [0.1, 0.15) is 0 Å². The van der Waals surface area contributed by atoms with Crippen LogP contribution in [0.2, 0.25) is 0 Å². The van der Waals surface area contributed by atoms with Gasteiger partial charge in [-0.2, -0.15) is 0 Å². The number of methoxy groups -OCH3 is 2. The van der Waals surface area contributed by atoms with Crippen LogP contribution in [0.15, 0.2) is 12.2 Å². The van der Waals surface area contributed by atoms with E-state index in [0.717, 1.165) is 5.57 Å². The fraction of sp³-hybridized carbons (Fsp3) is 0.750. The van der Waals surface area contributed by atoms with E-state index in [0.29, 0.717) is 12.3 Å². The van der Waals surface area contributed by atoms with Crippen LogP contribution < -0.4 is 0 Å². The minimum absolute atomic E-state index is 0.0148. The number of carbonyl (C=O) groups is 1. The van der Waals surface area contributed by atoms with Crippen molar-refractivity contribution < 1.29 is 14.3 Å². The van der Waals surface area contributed by atoms with Crippen molar-refractivity contribution >= 4 is 5.97 Å². The van der Waals surface area contributed by atoms with E-state index in [1.54, 1.807) is 7.11 Å². The first-order chi connectivity index (χ1) is 6.93. The maximum absolute atomic E-state index is 11.3. The van der Waals surface area contributed by atoms with Crippen LogP contribution in [0, 0.1) is 11.8 Å². The molecule has 0 rings (SSSR count). The average Bonchev–Trinajstić information content (AvgIpc) is 2.23. The Kier molecular flexibility index (Phi) is 6.25. The highest BCUT2D eigenvalue weighted by molar-refractivity contribution is 5.70. The van der Waals surface area contributed by atoms with Crippen molar-refractivity contribution in [1.82, 2.24) is 0 Å². The van der Waals surface area contributed by atoms with Crippen molar-refractivity contribution in [3.05, 3.63) is 12.2 Å². The molecule has 0 aliphatic rings. The third kappa shape index (κ3) is 4.47. The molecular formula is C12H22O3. The molecule has 0 aromatic heterocycles. The highest BCUT2D eigenvalue weighted by atomic mass is 16.5. The van der Waals surface area contributed by atoms with Gasteiger partial charge in [-0.3, -0.25) is 4.79 Å². The van der Waals surface area contributed by atoms with Crippen molar-refractivity contribution in [2.45, 2.75) is 33.3 Å². The van der Waals surface area contributed by atoms with Gasteiger partial charge in [0.2, 0.25) is 0 Å². The Balaban J connectivity index is 4.58. The van der Waals surface area contributed by atoms with E-state index in [9.17, 15) is 4.79 Å². The van der Waals surface area contributed by atoms with Crippen LogP contribution in [-0.2, 0) is 14.3 Å². The van der Waals surface area contributed by atoms with E-state index in [-0.39, 0.29) is 18.0 Å². The third-order valence-corrected chi connectivity index (χ3v) is 2.77. The van der Waals surface area contributed by atoms with Crippen LogP contribution in [0.1, 0.15) is 27.2 Å². The first kappa shape index (κ1) is 14.2. The second kappa shape index (κ2) is 6.62. The molecule has 3 nitrogen and oxygen atoms in total. The lowest BCUT2D eigenvalue weighted by Gasteiger charge is -2.26. The predicted octanol–water partition coefficient (Wildman–Crippen LogP) is 2.41. The summed E-state index contributed by atoms with van der Waals surface area (Å²) in [6, 6.07) is 0. The van der Waals surface area contributed by atoms with E-state index < -0.39 is 0 Å². The van der Waals surface area contributed by atoms with Crippen LogP contribution in [0.4, 0.5) is 0 Å². The van der Waals surface area contributed by atoms with Gasteiger partial charge in [0.25, 0.3) is 0 Å². The second-order valence-corrected chi connectivity index (χ2v) is 4.06. The maximum atomic E-state index is 11.3. The first-order valence-corrected chi connectivity index (χ1v) is 5.22. The molecule has 0 aliphatic heterocycles. The molecule has 0 N–H and O–H groups in total. The molecule has 0 fully saturated rings. The fourth-order valence-corrected chi connectivity index (χ4v) is 1.45. The third-order valence-electron chi connectivity index (χ3n) is 2.77. The van der Waals surface area contributed by atoms with E-state index in [4.69, 9.17) is 4.74 Å². The highest BCUT2D eigenvalue weighted by Crippen LogP contribution is 2.26. The van der Waals surface area contributed by atoms with Crippen LogP contribution in [-0.4, -0.2) is 26.3 Å². The van der Waals surface area contributed by atoms with Gasteiger partial charge in [0.05, 0.1) is 19.6 Å². The van der Waals surface area contributed by atoms with Crippen molar-refractivity contribution in [2.75, 3.05) is 14.2 Å². The van der Waals surface area contributed by atoms with Crippen molar-refractivity contribution in [1.29, 1.82) is 0 Å². The van der Waals surface area contributed by atoms with Crippen molar-refractivity contribution in [3.8, 4) is 0 Å². The summed E-state index contributed by atoms with van der Waals surface area (Å²) in [6.07, 6.45) is 0.321. The zero-order valence-electron chi connectivity index (χ0n) is 10.4. The molecule has 0 radical (unpaired) electrons. The summed E-state index contributed by atoms with van der Waals surface area (Å²) in [5.74, 6) is 0.158. The Morgan fingerprint density at radius 1 is 1.27 bits per heavy atom. The van der Waals surface area contributed by atoms with Gasteiger partial charge in [0, 0.05) is 13.0 Å². The number of carbonyl (C=O) groups excluding carboxylic acids is 1. The Morgan fingerprint density at radius 2 is 1.80 bits per heavy atom. The zero-order chi connectivity index (χ0) is 12.0. The minimum Gasteiger partial charge on any atom is -0.469 e. The smallest absolute Gasteiger partial charge is 0.306 e. The standard InChI is InChI=1S/C12H22O3/c1-8(2)9(3)11(10(4)14-5)7-12(13)15-6/h8,10-11H,3,7H2,1-2,4-6H3/t10-,11-/m1/s1. The summed E-state index contributed by atoms with van der Waals surface area (Å²) < 4.78 is 9.93. The Morgan fingerprint density at radius 3 is 2.13 bits per heavy atom. The van der Waals surface area contributed by atoms with E-state index in [1.165, 1.54) is 7.11 Å². The average molecular weight is 214 g/mol. The molecule has 0 saturated heterocycles. The van der Waals surface area contributed by atoms with Crippen LogP contribution in [0.25, 0.3) is 0 Å². The molecule has 0 spiro atoms. The van der Waals surface area contributed by atoms with Gasteiger partial charge < -0.3 is 9.47 Å². The van der Waals surface area contributed by atoms with E-state index in [1.807, 2.05) is 6.92 Å². The normalized spacial score (nSPS) is 14.8. The molecule has 3 heteroatoms. The summed E-state index contributed by atoms with van der Waals surface area (Å²) >= 11 is 0. The number of rotatable bonds is 6. The molecule has 0 heterocycles. The van der Waals surface area contributed by atoms with E-state index >= 15 is 0 Å². The molecule has 0 saturated carbocycles. The topological polar surface area (TPSA) is 35.5 Å². The molecule has 0 aromatic carbocycles. The number of hydrogen-bond acceptors (Lipinski definition) is 3. The number of ether oxygens (including phenoxy) is 2. The van der Waals surface area contributed by atoms with Crippen LogP contribution >= 0.6 is 0 Å². The molecule has 15 heavy (non-hydrogen) atoms. The Hall–Kier alpha value is -0.830. The molecule has 0 aliphatic carbocycles. The van der Waals surface area contributed by atoms with Crippen LogP contribution in [0.5, 0.6) is 0 Å². The molecule has 0 bridgehead atoms. The van der Waals surface area contributed by atoms with Gasteiger partial charge >= 0.3 is 5.97 Å². The number of esters is 1. The largest absolute Gasteiger partial charge is 0.469 e. The SMILES string of the molecule is C=C(C(C)C)[C@@H](CC(=O)OC)[C@@H](C)OC. The van der Waals surface area contributed by atoms with E-state index in [2.05, 4.69) is 25.2 Å². The molecule has 2 atom stereocenters. The molecule has 0 amide bonds. The van der Waals surface area contributed by atoms with Crippen molar-refractivity contribution in [3.63, 3.8) is 0 Å². The highest BCUT2D eigenvalue weighted by Gasteiger charge is 2.25. The lowest BCUT2D eigenvalue weighted by atomic mass is 9.85. The van der Waals surface area contributed by atoms with Crippen LogP contribution in [0.3, 0.4) is 0 Å². The predicted molar refractivity (Wildman–Crippen MR) is 60.6 cm³/mol. The Bertz CT molecular complexity index is 221. The summed E-state index contributed by atoms with van der Waals surface area (Å²) in [5.41, 5.74) is 1.04. The molecule has 0 unspecified atom stereocenters. The monoisotopic (exact) mass is 214 g/mol. The fourth-order valence-electron chi connectivity index (χ4n) is 1.45. The summed E-state index contributed by atoms with van der Waals surface area (Å²) in [6.45, 7) is 10.1. The minimum atomic E-state index is -0.217. The quantitative estimate of drug-likeness (QED) is 0.503. The summed E-state index contributed by atoms with van der Waals surface area (Å²) in [4.78, 5) is 11.3. The Labute approximate surface area is 92.5 Å². The lowest BCUT2D eigenvalue weighted by molar-refractivity contribution is -0.142. The van der Waals surface area contributed by atoms with Crippen molar-refractivity contribution in [2.24, 2.45) is 11.8 Å². The molecule has 88 valence electrons. The van der Waals surface area contributed by atoms with Gasteiger partial charge in [-0.25, -0.2) is 0 Å². The molecule has 0 aromatic rings. The summed E-state index contributed by atoms with van der Waals surface area (Å²) in [7, 11) is 3.04. The maximum Gasteiger partial charge on any atom is 0.306 e.